The maximum absolute atomic E-state index is 6.04. The minimum Gasteiger partial charge on any atom is -0.315 e. The highest BCUT2D eigenvalue weighted by atomic mass is 79.9. The number of hydrogen-bond donors (Lipinski definition) is 1. The molecule has 0 spiro atoms. The monoisotopic (exact) mass is 303 g/mol. The van der Waals surface area contributed by atoms with Crippen LogP contribution in [0.5, 0.6) is 0 Å². The molecule has 0 fully saturated rings. The van der Waals surface area contributed by atoms with Gasteiger partial charge in [-0.3, -0.25) is 0 Å². The Labute approximate surface area is 112 Å². The van der Waals surface area contributed by atoms with Crippen LogP contribution in [0, 0.1) is 0 Å². The van der Waals surface area contributed by atoms with Crippen LogP contribution in [0.2, 0.25) is 5.02 Å². The smallest absolute Gasteiger partial charge is 0.0550 e. The van der Waals surface area contributed by atoms with Crippen LogP contribution in [0.4, 0.5) is 0 Å². The van der Waals surface area contributed by atoms with Crippen LogP contribution in [0.15, 0.2) is 22.7 Å². The lowest BCUT2D eigenvalue weighted by Crippen LogP contribution is -2.23. The molecule has 1 aromatic rings. The summed E-state index contributed by atoms with van der Waals surface area (Å²) in [6, 6.07) is 6.78. The van der Waals surface area contributed by atoms with Crippen molar-refractivity contribution in [3.8, 4) is 0 Å². The first-order valence-corrected chi connectivity index (χ1v) is 6.94. The van der Waals surface area contributed by atoms with E-state index in [2.05, 4.69) is 41.2 Å². The Morgan fingerprint density at radius 2 is 2.06 bits per heavy atom. The van der Waals surface area contributed by atoms with E-state index in [-0.39, 0.29) is 0 Å². The standard InChI is InChI=1S/C13H19BrClN/c1-10(2)16-8-4-3-5-11-6-7-12(14)13(15)9-11/h6-7,9-10,16H,3-5,8H2,1-2H3. The Bertz CT molecular complexity index is 326. The second-order valence-electron chi connectivity index (χ2n) is 4.31. The Morgan fingerprint density at radius 3 is 2.69 bits per heavy atom. The molecule has 1 rings (SSSR count). The molecule has 0 unspecified atom stereocenters. The van der Waals surface area contributed by atoms with Gasteiger partial charge in [0.25, 0.3) is 0 Å². The van der Waals surface area contributed by atoms with Crippen LogP contribution in [-0.2, 0) is 6.42 Å². The first-order chi connectivity index (χ1) is 7.59. The van der Waals surface area contributed by atoms with E-state index in [1.807, 2.05) is 12.1 Å². The number of halogens is 2. The van der Waals surface area contributed by atoms with Crippen LogP contribution in [-0.4, -0.2) is 12.6 Å². The Morgan fingerprint density at radius 1 is 1.31 bits per heavy atom. The minimum atomic E-state index is 0.585. The van der Waals surface area contributed by atoms with E-state index < -0.39 is 0 Å². The molecule has 0 amide bonds. The van der Waals surface area contributed by atoms with Crippen molar-refractivity contribution in [1.82, 2.24) is 5.32 Å². The van der Waals surface area contributed by atoms with Crippen LogP contribution in [0.1, 0.15) is 32.3 Å². The number of benzene rings is 1. The molecule has 3 heteroatoms. The molecule has 0 aliphatic carbocycles. The predicted octanol–water partition coefficient (Wildman–Crippen LogP) is 4.42. The highest BCUT2D eigenvalue weighted by Gasteiger charge is 1.99. The van der Waals surface area contributed by atoms with Gasteiger partial charge in [0.2, 0.25) is 0 Å². The second kappa shape index (κ2) is 7.31. The van der Waals surface area contributed by atoms with E-state index in [0.29, 0.717) is 6.04 Å². The van der Waals surface area contributed by atoms with Crippen LogP contribution in [0.25, 0.3) is 0 Å². The molecule has 16 heavy (non-hydrogen) atoms. The first kappa shape index (κ1) is 14.0. The molecule has 0 aliphatic heterocycles. The van der Waals surface area contributed by atoms with Crippen LogP contribution < -0.4 is 5.32 Å². The molecule has 1 N–H and O–H groups in total. The van der Waals surface area contributed by atoms with Crippen molar-refractivity contribution in [2.24, 2.45) is 0 Å². The third-order valence-corrected chi connectivity index (χ3v) is 3.66. The Hall–Kier alpha value is -0.0500. The van der Waals surface area contributed by atoms with E-state index in [1.54, 1.807) is 0 Å². The van der Waals surface area contributed by atoms with Gasteiger partial charge in [-0.2, -0.15) is 0 Å². The van der Waals surface area contributed by atoms with Crippen molar-refractivity contribution in [2.75, 3.05) is 6.54 Å². The van der Waals surface area contributed by atoms with E-state index in [1.165, 1.54) is 18.4 Å². The highest BCUT2D eigenvalue weighted by Crippen LogP contribution is 2.23. The van der Waals surface area contributed by atoms with E-state index in [9.17, 15) is 0 Å². The average Bonchev–Trinajstić information content (AvgIpc) is 2.22. The molecule has 90 valence electrons. The predicted molar refractivity (Wildman–Crippen MR) is 75.2 cm³/mol. The number of unbranched alkanes of at least 4 members (excludes halogenated alkanes) is 1. The van der Waals surface area contributed by atoms with Gasteiger partial charge in [-0.1, -0.05) is 31.5 Å². The van der Waals surface area contributed by atoms with Crippen LogP contribution in [0.3, 0.4) is 0 Å². The van der Waals surface area contributed by atoms with Gasteiger partial charge in [-0.25, -0.2) is 0 Å². The number of aryl methyl sites for hydroxylation is 1. The summed E-state index contributed by atoms with van der Waals surface area (Å²) < 4.78 is 0.972. The van der Waals surface area contributed by atoms with Crippen molar-refractivity contribution in [3.63, 3.8) is 0 Å². The summed E-state index contributed by atoms with van der Waals surface area (Å²) in [7, 11) is 0. The third-order valence-electron chi connectivity index (χ3n) is 2.43. The molecule has 0 saturated carbocycles. The molecule has 0 radical (unpaired) electrons. The van der Waals surface area contributed by atoms with Gasteiger partial charge < -0.3 is 5.32 Å². The van der Waals surface area contributed by atoms with E-state index >= 15 is 0 Å². The molecule has 0 heterocycles. The molecule has 0 atom stereocenters. The zero-order chi connectivity index (χ0) is 12.0. The van der Waals surface area contributed by atoms with Gasteiger partial charge in [0, 0.05) is 10.5 Å². The maximum atomic E-state index is 6.04. The fourth-order valence-electron chi connectivity index (χ4n) is 1.54. The Balaban J connectivity index is 2.24. The average molecular weight is 305 g/mol. The van der Waals surface area contributed by atoms with Crippen molar-refractivity contribution < 1.29 is 0 Å². The zero-order valence-electron chi connectivity index (χ0n) is 9.89. The van der Waals surface area contributed by atoms with Gasteiger partial charge in [0.1, 0.15) is 0 Å². The summed E-state index contributed by atoms with van der Waals surface area (Å²) in [4.78, 5) is 0. The van der Waals surface area contributed by atoms with E-state index in [0.717, 1.165) is 22.5 Å². The topological polar surface area (TPSA) is 12.0 Å². The van der Waals surface area contributed by atoms with Gasteiger partial charge in [0.05, 0.1) is 5.02 Å². The summed E-state index contributed by atoms with van der Waals surface area (Å²) in [6.07, 6.45) is 3.52. The summed E-state index contributed by atoms with van der Waals surface area (Å²) in [5.74, 6) is 0. The zero-order valence-corrected chi connectivity index (χ0v) is 12.2. The normalized spacial score (nSPS) is 11.1. The lowest BCUT2D eigenvalue weighted by Gasteiger charge is -2.07. The molecular weight excluding hydrogens is 286 g/mol. The fraction of sp³-hybridized carbons (Fsp3) is 0.538. The van der Waals surface area contributed by atoms with Gasteiger partial charge >= 0.3 is 0 Å². The molecule has 0 aliphatic rings. The molecule has 0 aromatic heterocycles. The first-order valence-electron chi connectivity index (χ1n) is 5.77. The van der Waals surface area contributed by atoms with Gasteiger partial charge in [0.15, 0.2) is 0 Å². The SMILES string of the molecule is CC(C)NCCCCc1ccc(Br)c(Cl)c1. The quantitative estimate of drug-likeness (QED) is 0.767. The molecular formula is C13H19BrClN. The fourth-order valence-corrected chi connectivity index (χ4v) is 1.99. The van der Waals surface area contributed by atoms with Crippen molar-refractivity contribution >= 4 is 27.5 Å². The van der Waals surface area contributed by atoms with Crippen molar-refractivity contribution in [3.05, 3.63) is 33.3 Å². The lowest BCUT2D eigenvalue weighted by molar-refractivity contribution is 0.557. The van der Waals surface area contributed by atoms with E-state index in [4.69, 9.17) is 11.6 Å². The molecule has 1 nitrogen and oxygen atoms in total. The molecule has 1 aromatic carbocycles. The molecule has 0 saturated heterocycles. The summed E-state index contributed by atoms with van der Waals surface area (Å²) in [6.45, 7) is 5.45. The number of hydrogen-bond acceptors (Lipinski definition) is 1. The summed E-state index contributed by atoms with van der Waals surface area (Å²) in [5.41, 5.74) is 1.32. The minimum absolute atomic E-state index is 0.585. The highest BCUT2D eigenvalue weighted by molar-refractivity contribution is 9.10. The van der Waals surface area contributed by atoms with Crippen molar-refractivity contribution in [2.45, 2.75) is 39.2 Å². The maximum Gasteiger partial charge on any atom is 0.0550 e. The Kier molecular flexibility index (Phi) is 6.40. The van der Waals surface area contributed by atoms with Crippen molar-refractivity contribution in [1.29, 1.82) is 0 Å². The molecule has 0 bridgehead atoms. The number of nitrogens with one attached hydrogen (secondary N) is 1. The van der Waals surface area contributed by atoms with Gasteiger partial charge in [-0.05, 0) is 59.4 Å². The third kappa shape index (κ3) is 5.33. The number of rotatable bonds is 6. The second-order valence-corrected chi connectivity index (χ2v) is 5.58. The van der Waals surface area contributed by atoms with Crippen LogP contribution >= 0.6 is 27.5 Å². The summed E-state index contributed by atoms with van der Waals surface area (Å²) in [5, 5.41) is 4.22. The van der Waals surface area contributed by atoms with Gasteiger partial charge in [-0.15, -0.1) is 0 Å². The summed E-state index contributed by atoms with van der Waals surface area (Å²) >= 11 is 9.43. The largest absolute Gasteiger partial charge is 0.315 e. The lowest BCUT2D eigenvalue weighted by atomic mass is 10.1.